The smallest absolute Gasteiger partial charge is 0.147 e. The van der Waals surface area contributed by atoms with Crippen molar-refractivity contribution in [1.29, 1.82) is 0 Å². The van der Waals surface area contributed by atoms with Crippen molar-refractivity contribution in [2.24, 2.45) is 0 Å². The maximum absolute atomic E-state index is 13.4. The normalized spacial score (nSPS) is 11.6. The summed E-state index contributed by atoms with van der Waals surface area (Å²) in [6, 6.07) is 4.92. The van der Waals surface area contributed by atoms with Crippen molar-refractivity contribution < 1.29 is 9.13 Å². The lowest BCUT2D eigenvalue weighted by molar-refractivity contribution is 0.0184. The number of halogens is 2. The van der Waals surface area contributed by atoms with Crippen LogP contribution in [-0.4, -0.2) is 19.3 Å². The van der Waals surface area contributed by atoms with Gasteiger partial charge in [-0.05, 0) is 48.3 Å². The minimum Gasteiger partial charge on any atom is -0.382 e. The van der Waals surface area contributed by atoms with Crippen LogP contribution in [0.5, 0.6) is 0 Å². The van der Waals surface area contributed by atoms with Gasteiger partial charge in [0.2, 0.25) is 0 Å². The molecule has 0 aromatic heterocycles. The van der Waals surface area contributed by atoms with Crippen LogP contribution < -0.4 is 5.32 Å². The highest BCUT2D eigenvalue weighted by Gasteiger charge is 2.16. The Morgan fingerprint density at radius 3 is 2.69 bits per heavy atom. The largest absolute Gasteiger partial charge is 0.382 e. The molecule has 1 rings (SSSR count). The maximum atomic E-state index is 13.4. The lowest BCUT2D eigenvalue weighted by Crippen LogP contribution is -2.26. The predicted octanol–water partition coefficient (Wildman–Crippen LogP) is 3.82. The SMILES string of the molecule is COC(C)(C)CCNc1c(F)cccc1Br. The van der Waals surface area contributed by atoms with E-state index in [9.17, 15) is 4.39 Å². The lowest BCUT2D eigenvalue weighted by atomic mass is 10.1. The summed E-state index contributed by atoms with van der Waals surface area (Å²) in [6.07, 6.45) is 0.810. The number of hydrogen-bond acceptors (Lipinski definition) is 2. The number of anilines is 1. The highest BCUT2D eigenvalue weighted by atomic mass is 79.9. The Kier molecular flexibility index (Phi) is 4.74. The van der Waals surface area contributed by atoms with Crippen molar-refractivity contribution in [2.75, 3.05) is 19.0 Å². The molecule has 1 aromatic rings. The average molecular weight is 290 g/mol. The van der Waals surface area contributed by atoms with E-state index in [4.69, 9.17) is 4.74 Å². The van der Waals surface area contributed by atoms with E-state index in [1.54, 1.807) is 13.2 Å². The molecule has 0 spiro atoms. The number of ether oxygens (including phenoxy) is 1. The first kappa shape index (κ1) is 13.5. The summed E-state index contributed by atoms with van der Waals surface area (Å²) in [7, 11) is 1.68. The highest BCUT2D eigenvalue weighted by molar-refractivity contribution is 9.10. The molecule has 0 aliphatic heterocycles. The molecule has 0 fully saturated rings. The number of hydrogen-bond donors (Lipinski definition) is 1. The van der Waals surface area contributed by atoms with Crippen molar-refractivity contribution >= 4 is 21.6 Å². The van der Waals surface area contributed by atoms with Gasteiger partial charge in [0.05, 0.1) is 11.3 Å². The van der Waals surface area contributed by atoms with Crippen LogP contribution in [-0.2, 0) is 4.74 Å². The number of nitrogens with one attached hydrogen (secondary N) is 1. The monoisotopic (exact) mass is 289 g/mol. The molecule has 90 valence electrons. The van der Waals surface area contributed by atoms with Gasteiger partial charge in [-0.3, -0.25) is 0 Å². The Bertz CT molecular complexity index is 335. The summed E-state index contributed by atoms with van der Waals surface area (Å²) in [5, 5.41) is 3.07. The molecule has 2 nitrogen and oxygen atoms in total. The van der Waals surface area contributed by atoms with Gasteiger partial charge in [-0.2, -0.15) is 0 Å². The van der Waals surface area contributed by atoms with Crippen molar-refractivity contribution in [2.45, 2.75) is 25.9 Å². The van der Waals surface area contributed by atoms with Crippen LogP contribution in [0.4, 0.5) is 10.1 Å². The van der Waals surface area contributed by atoms with Gasteiger partial charge in [0, 0.05) is 18.1 Å². The van der Waals surface area contributed by atoms with Crippen LogP contribution in [0.2, 0.25) is 0 Å². The van der Waals surface area contributed by atoms with Crippen LogP contribution in [0.1, 0.15) is 20.3 Å². The van der Waals surface area contributed by atoms with Crippen molar-refractivity contribution in [3.05, 3.63) is 28.5 Å². The van der Waals surface area contributed by atoms with Crippen LogP contribution in [0.25, 0.3) is 0 Å². The van der Waals surface area contributed by atoms with E-state index >= 15 is 0 Å². The highest BCUT2D eigenvalue weighted by Crippen LogP contribution is 2.25. The van der Waals surface area contributed by atoms with E-state index in [-0.39, 0.29) is 11.4 Å². The molecule has 0 bridgehead atoms. The molecule has 16 heavy (non-hydrogen) atoms. The van der Waals surface area contributed by atoms with E-state index in [2.05, 4.69) is 21.2 Å². The fourth-order valence-corrected chi connectivity index (χ4v) is 1.74. The minimum absolute atomic E-state index is 0.190. The molecular weight excluding hydrogens is 273 g/mol. The maximum Gasteiger partial charge on any atom is 0.147 e. The Morgan fingerprint density at radius 2 is 2.12 bits per heavy atom. The lowest BCUT2D eigenvalue weighted by Gasteiger charge is -2.23. The topological polar surface area (TPSA) is 21.3 Å². The fraction of sp³-hybridized carbons (Fsp3) is 0.500. The second kappa shape index (κ2) is 5.64. The van der Waals surface area contributed by atoms with Gasteiger partial charge < -0.3 is 10.1 Å². The first-order valence-corrected chi connectivity index (χ1v) is 5.98. The molecule has 0 saturated heterocycles. The molecule has 1 N–H and O–H groups in total. The van der Waals surface area contributed by atoms with Gasteiger partial charge in [0.15, 0.2) is 0 Å². The summed E-state index contributed by atoms with van der Waals surface area (Å²) in [4.78, 5) is 0. The first-order valence-electron chi connectivity index (χ1n) is 5.19. The molecule has 0 saturated carbocycles. The Balaban J connectivity index is 2.56. The Hall–Kier alpha value is -0.610. The summed E-state index contributed by atoms with van der Waals surface area (Å²) >= 11 is 3.31. The second-order valence-electron chi connectivity index (χ2n) is 4.24. The second-order valence-corrected chi connectivity index (χ2v) is 5.09. The quantitative estimate of drug-likeness (QED) is 0.890. The fourth-order valence-electron chi connectivity index (χ4n) is 1.26. The molecule has 0 amide bonds. The molecule has 0 aliphatic carbocycles. The minimum atomic E-state index is -0.246. The Labute approximate surface area is 104 Å². The zero-order chi connectivity index (χ0) is 12.2. The molecule has 0 heterocycles. The van der Waals surface area contributed by atoms with Crippen LogP contribution in [0, 0.1) is 5.82 Å². The van der Waals surface area contributed by atoms with Gasteiger partial charge in [-0.15, -0.1) is 0 Å². The zero-order valence-corrected chi connectivity index (χ0v) is 11.4. The van der Waals surface area contributed by atoms with Crippen molar-refractivity contribution in [1.82, 2.24) is 0 Å². The average Bonchev–Trinajstić information content (AvgIpc) is 2.22. The summed E-state index contributed by atoms with van der Waals surface area (Å²) in [6.45, 7) is 4.68. The standard InChI is InChI=1S/C12H17BrFNO/c1-12(2,16-3)7-8-15-11-9(13)5-4-6-10(11)14/h4-6,15H,7-8H2,1-3H3. The van der Waals surface area contributed by atoms with Crippen molar-refractivity contribution in [3.8, 4) is 0 Å². The van der Waals surface area contributed by atoms with Crippen LogP contribution >= 0.6 is 15.9 Å². The van der Waals surface area contributed by atoms with Gasteiger partial charge in [-0.25, -0.2) is 4.39 Å². The number of rotatable bonds is 5. The van der Waals surface area contributed by atoms with E-state index in [0.717, 1.165) is 10.9 Å². The van der Waals surface area contributed by atoms with Crippen LogP contribution in [0.15, 0.2) is 22.7 Å². The van der Waals surface area contributed by atoms with Gasteiger partial charge in [0.1, 0.15) is 5.82 Å². The summed E-state index contributed by atoms with van der Waals surface area (Å²) < 4.78 is 19.5. The van der Waals surface area contributed by atoms with Gasteiger partial charge >= 0.3 is 0 Å². The number of benzene rings is 1. The van der Waals surface area contributed by atoms with Crippen molar-refractivity contribution in [3.63, 3.8) is 0 Å². The number of para-hydroxylation sites is 1. The third-order valence-corrected chi connectivity index (χ3v) is 3.21. The zero-order valence-electron chi connectivity index (χ0n) is 9.81. The Morgan fingerprint density at radius 1 is 1.44 bits per heavy atom. The third-order valence-electron chi connectivity index (χ3n) is 2.54. The van der Waals surface area contributed by atoms with Gasteiger partial charge in [0.25, 0.3) is 0 Å². The molecule has 0 atom stereocenters. The molecule has 0 aliphatic rings. The predicted molar refractivity (Wildman–Crippen MR) is 68.3 cm³/mol. The molecule has 0 radical (unpaired) electrons. The molecule has 4 heteroatoms. The first-order chi connectivity index (χ1) is 7.46. The molecular formula is C12H17BrFNO. The summed E-state index contributed by atoms with van der Waals surface area (Å²) in [5.74, 6) is -0.246. The third kappa shape index (κ3) is 3.76. The van der Waals surface area contributed by atoms with E-state index in [1.807, 2.05) is 19.9 Å². The van der Waals surface area contributed by atoms with E-state index in [1.165, 1.54) is 6.07 Å². The van der Waals surface area contributed by atoms with E-state index in [0.29, 0.717) is 12.2 Å². The molecule has 1 aromatic carbocycles. The van der Waals surface area contributed by atoms with Crippen LogP contribution in [0.3, 0.4) is 0 Å². The molecule has 0 unspecified atom stereocenters. The summed E-state index contributed by atoms with van der Waals surface area (Å²) in [5.41, 5.74) is 0.319. The van der Waals surface area contributed by atoms with E-state index < -0.39 is 0 Å². The number of methoxy groups -OCH3 is 1. The van der Waals surface area contributed by atoms with Gasteiger partial charge in [-0.1, -0.05) is 6.07 Å².